The normalized spacial score (nSPS) is 12.1. The van der Waals surface area contributed by atoms with Crippen LogP contribution < -0.4 is 0 Å². The summed E-state index contributed by atoms with van der Waals surface area (Å²) < 4.78 is 4.70. The molecule has 0 aliphatic rings. The van der Waals surface area contributed by atoms with Crippen molar-refractivity contribution in [1.82, 2.24) is 4.98 Å². The quantitative estimate of drug-likeness (QED) is 0.802. The van der Waals surface area contributed by atoms with Crippen LogP contribution >= 0.6 is 0 Å². The Balaban J connectivity index is 2.45. The van der Waals surface area contributed by atoms with E-state index in [9.17, 15) is 4.79 Å². The molecule has 4 heteroatoms. The minimum absolute atomic E-state index is 0.280. The summed E-state index contributed by atoms with van der Waals surface area (Å²) in [7, 11) is 1.37. The molecule has 0 saturated heterocycles. The van der Waals surface area contributed by atoms with Gasteiger partial charge in [0.25, 0.3) is 0 Å². The summed E-state index contributed by atoms with van der Waals surface area (Å²) in [6.07, 6.45) is 0. The fourth-order valence-corrected chi connectivity index (χ4v) is 1.76. The van der Waals surface area contributed by atoms with E-state index in [1.165, 1.54) is 7.11 Å². The summed E-state index contributed by atoms with van der Waals surface area (Å²) in [5, 5.41) is 9.73. The number of fused-ring (bicyclic) bond motifs is 1. The highest BCUT2D eigenvalue weighted by atomic mass is 16.5. The Bertz CT molecular complexity index is 607. The molecule has 0 fully saturated rings. The molecule has 86 valence electrons. The topological polar surface area (TPSA) is 65.9 Å². The number of carbonyl (C=O) groups excluding carboxylic acids is 1. The molecule has 0 aliphatic carbocycles. The van der Waals surface area contributed by atoms with Gasteiger partial charge in [0.15, 0.2) is 0 Å². The number of methoxy groups -OCH3 is 1. The highest BCUT2D eigenvalue weighted by molar-refractivity contribution is 5.85. The fourth-order valence-electron chi connectivity index (χ4n) is 1.76. The Kier molecular flexibility index (Phi) is 2.84. The lowest BCUT2D eigenvalue weighted by molar-refractivity contribution is -0.142. The Morgan fingerprint density at radius 1 is 1.47 bits per heavy atom. The number of carbonyl (C=O) groups is 1. The van der Waals surface area contributed by atoms with Crippen molar-refractivity contribution >= 4 is 16.9 Å². The molecule has 1 aromatic heterocycles. The summed E-state index contributed by atoms with van der Waals surface area (Å²) in [6.45, 7) is 1.78. The maximum absolute atomic E-state index is 11.4. The smallest absolute Gasteiger partial charge is 0.314 e. The zero-order chi connectivity index (χ0) is 12.4. The molecular formula is C13H12N2O2. The number of hydrogen-bond acceptors (Lipinski definition) is 3. The fraction of sp³-hybridized carbons (Fsp3) is 0.231. The standard InChI is InChI=1S/C13H12N2O2/c1-8(13(16)17-2)12-6-10-5-9(7-14)3-4-11(10)15-12/h3-6,8,15H,1-2H3. The first-order valence-electron chi connectivity index (χ1n) is 5.26. The van der Waals surface area contributed by atoms with Crippen molar-refractivity contribution in [3.05, 3.63) is 35.5 Å². The highest BCUT2D eigenvalue weighted by Crippen LogP contribution is 2.22. The van der Waals surface area contributed by atoms with Gasteiger partial charge in [0.2, 0.25) is 0 Å². The van der Waals surface area contributed by atoms with Crippen LogP contribution in [0, 0.1) is 11.3 Å². The van der Waals surface area contributed by atoms with E-state index in [1.807, 2.05) is 12.1 Å². The van der Waals surface area contributed by atoms with E-state index < -0.39 is 0 Å². The van der Waals surface area contributed by atoms with Crippen LogP contribution in [0.2, 0.25) is 0 Å². The van der Waals surface area contributed by atoms with Crippen LogP contribution in [0.4, 0.5) is 0 Å². The summed E-state index contributed by atoms with van der Waals surface area (Å²) in [6, 6.07) is 9.33. The molecule has 4 nitrogen and oxygen atoms in total. The highest BCUT2D eigenvalue weighted by Gasteiger charge is 2.17. The number of nitriles is 1. The Morgan fingerprint density at radius 3 is 2.88 bits per heavy atom. The van der Waals surface area contributed by atoms with Crippen LogP contribution in [0.3, 0.4) is 0 Å². The summed E-state index contributed by atoms with van der Waals surface area (Å²) >= 11 is 0. The second kappa shape index (κ2) is 4.30. The predicted octanol–water partition coefficient (Wildman–Crippen LogP) is 2.32. The van der Waals surface area contributed by atoms with E-state index >= 15 is 0 Å². The van der Waals surface area contributed by atoms with Gasteiger partial charge < -0.3 is 9.72 Å². The summed E-state index contributed by atoms with van der Waals surface area (Å²) in [5.74, 6) is -0.616. The molecule has 1 heterocycles. The van der Waals surface area contributed by atoms with Crippen molar-refractivity contribution in [1.29, 1.82) is 5.26 Å². The largest absolute Gasteiger partial charge is 0.469 e. The molecule has 0 saturated carbocycles. The number of aromatic amines is 1. The van der Waals surface area contributed by atoms with Gasteiger partial charge in [-0.3, -0.25) is 4.79 Å². The molecule has 1 N–H and O–H groups in total. The van der Waals surface area contributed by atoms with Crippen LogP contribution in [-0.4, -0.2) is 18.1 Å². The van der Waals surface area contributed by atoms with Crippen molar-refractivity contribution in [2.45, 2.75) is 12.8 Å². The van der Waals surface area contributed by atoms with Crippen LogP contribution in [0.1, 0.15) is 24.1 Å². The van der Waals surface area contributed by atoms with E-state index in [0.717, 1.165) is 16.6 Å². The number of H-pyrrole nitrogens is 1. The molecule has 2 aromatic rings. The number of benzene rings is 1. The monoisotopic (exact) mass is 228 g/mol. The van der Waals surface area contributed by atoms with Crippen LogP contribution in [-0.2, 0) is 9.53 Å². The Labute approximate surface area is 98.8 Å². The molecule has 1 aromatic carbocycles. The maximum Gasteiger partial charge on any atom is 0.314 e. The first-order valence-corrected chi connectivity index (χ1v) is 5.26. The van der Waals surface area contributed by atoms with E-state index in [2.05, 4.69) is 11.1 Å². The van der Waals surface area contributed by atoms with Crippen molar-refractivity contribution in [2.75, 3.05) is 7.11 Å². The number of esters is 1. The van der Waals surface area contributed by atoms with Gasteiger partial charge in [-0.1, -0.05) is 0 Å². The maximum atomic E-state index is 11.4. The van der Waals surface area contributed by atoms with Gasteiger partial charge in [0, 0.05) is 16.6 Å². The van der Waals surface area contributed by atoms with Crippen LogP contribution in [0.5, 0.6) is 0 Å². The predicted molar refractivity (Wildman–Crippen MR) is 63.4 cm³/mol. The third-order valence-corrected chi connectivity index (χ3v) is 2.79. The molecule has 0 radical (unpaired) electrons. The SMILES string of the molecule is COC(=O)C(C)c1cc2cc(C#N)ccc2[nH]1. The van der Waals surface area contributed by atoms with Gasteiger partial charge in [0.05, 0.1) is 24.7 Å². The number of ether oxygens (including phenoxy) is 1. The van der Waals surface area contributed by atoms with Gasteiger partial charge in [0.1, 0.15) is 0 Å². The van der Waals surface area contributed by atoms with Crippen LogP contribution in [0.25, 0.3) is 10.9 Å². The number of nitrogens with one attached hydrogen (secondary N) is 1. The molecule has 17 heavy (non-hydrogen) atoms. The van der Waals surface area contributed by atoms with Gasteiger partial charge in [-0.25, -0.2) is 0 Å². The minimum atomic E-state index is -0.335. The minimum Gasteiger partial charge on any atom is -0.469 e. The lowest BCUT2D eigenvalue weighted by atomic mass is 10.1. The summed E-state index contributed by atoms with van der Waals surface area (Å²) in [5.41, 5.74) is 2.31. The lowest BCUT2D eigenvalue weighted by Crippen LogP contribution is -2.10. The third kappa shape index (κ3) is 2.00. The van der Waals surface area contributed by atoms with Gasteiger partial charge in [-0.15, -0.1) is 0 Å². The first kappa shape index (κ1) is 11.2. The Hall–Kier alpha value is -2.28. The van der Waals surface area contributed by atoms with Gasteiger partial charge >= 0.3 is 5.97 Å². The number of rotatable bonds is 2. The molecule has 0 bridgehead atoms. The zero-order valence-electron chi connectivity index (χ0n) is 9.65. The van der Waals surface area contributed by atoms with Crippen molar-refractivity contribution in [2.24, 2.45) is 0 Å². The van der Waals surface area contributed by atoms with Gasteiger partial charge in [-0.2, -0.15) is 5.26 Å². The van der Waals surface area contributed by atoms with Crippen LogP contribution in [0.15, 0.2) is 24.3 Å². The first-order chi connectivity index (χ1) is 8.15. The van der Waals surface area contributed by atoms with E-state index in [4.69, 9.17) is 10.00 Å². The van der Waals surface area contributed by atoms with E-state index in [-0.39, 0.29) is 11.9 Å². The second-order valence-corrected chi connectivity index (χ2v) is 3.88. The average Bonchev–Trinajstić information content (AvgIpc) is 2.79. The molecule has 2 rings (SSSR count). The van der Waals surface area contributed by atoms with E-state index in [1.54, 1.807) is 19.1 Å². The molecular weight excluding hydrogens is 216 g/mol. The zero-order valence-corrected chi connectivity index (χ0v) is 9.65. The van der Waals surface area contributed by atoms with Gasteiger partial charge in [-0.05, 0) is 31.2 Å². The van der Waals surface area contributed by atoms with E-state index in [0.29, 0.717) is 5.56 Å². The lowest BCUT2D eigenvalue weighted by Gasteiger charge is -2.05. The Morgan fingerprint density at radius 2 is 2.24 bits per heavy atom. The third-order valence-electron chi connectivity index (χ3n) is 2.79. The molecule has 1 atom stereocenters. The molecule has 1 unspecified atom stereocenters. The van der Waals surface area contributed by atoms with Crippen molar-refractivity contribution in [3.8, 4) is 6.07 Å². The van der Waals surface area contributed by atoms with Crippen molar-refractivity contribution in [3.63, 3.8) is 0 Å². The van der Waals surface area contributed by atoms with Crippen molar-refractivity contribution < 1.29 is 9.53 Å². The summed E-state index contributed by atoms with van der Waals surface area (Å²) in [4.78, 5) is 14.6. The molecule has 0 amide bonds. The molecule has 0 spiro atoms. The second-order valence-electron chi connectivity index (χ2n) is 3.88. The molecule has 0 aliphatic heterocycles. The number of nitrogens with zero attached hydrogens (tertiary/aromatic N) is 1. The number of aromatic nitrogens is 1. The average molecular weight is 228 g/mol. The number of hydrogen-bond donors (Lipinski definition) is 1.